The molecule has 0 radical (unpaired) electrons. The SMILES string of the molecule is CCNC(=NCC1(O)CCCC1)NCCN1C(=O)C2C3C=CC(C3)C2C1=O.I. The van der Waals surface area contributed by atoms with Crippen LogP contribution in [0.4, 0.5) is 0 Å². The summed E-state index contributed by atoms with van der Waals surface area (Å²) in [6, 6.07) is 0. The number of carbonyl (C=O) groups is 2. The molecule has 156 valence electrons. The fraction of sp³-hybridized carbons (Fsp3) is 0.750. The average molecular weight is 502 g/mol. The van der Waals surface area contributed by atoms with Crippen molar-refractivity contribution in [1.29, 1.82) is 0 Å². The largest absolute Gasteiger partial charge is 0.388 e. The van der Waals surface area contributed by atoms with Crippen LogP contribution >= 0.6 is 24.0 Å². The van der Waals surface area contributed by atoms with Crippen molar-refractivity contribution in [3.63, 3.8) is 0 Å². The van der Waals surface area contributed by atoms with E-state index >= 15 is 0 Å². The Morgan fingerprint density at radius 1 is 1.18 bits per heavy atom. The van der Waals surface area contributed by atoms with E-state index in [1.807, 2.05) is 6.92 Å². The summed E-state index contributed by atoms with van der Waals surface area (Å²) in [7, 11) is 0. The van der Waals surface area contributed by atoms with Crippen molar-refractivity contribution in [1.82, 2.24) is 15.5 Å². The van der Waals surface area contributed by atoms with E-state index in [1.165, 1.54) is 4.90 Å². The van der Waals surface area contributed by atoms with Gasteiger partial charge in [0, 0.05) is 19.6 Å². The lowest BCUT2D eigenvalue weighted by Gasteiger charge is -2.21. The second-order valence-corrected chi connectivity index (χ2v) is 8.38. The van der Waals surface area contributed by atoms with Gasteiger partial charge in [0.05, 0.1) is 24.0 Å². The molecule has 1 saturated heterocycles. The first-order valence-electron chi connectivity index (χ1n) is 10.3. The number of amides is 2. The number of nitrogens with one attached hydrogen (secondary N) is 2. The number of aliphatic imine (C=N–C) groups is 1. The smallest absolute Gasteiger partial charge is 0.233 e. The third-order valence-electron chi connectivity index (χ3n) is 6.60. The van der Waals surface area contributed by atoms with Gasteiger partial charge in [0.1, 0.15) is 0 Å². The summed E-state index contributed by atoms with van der Waals surface area (Å²) >= 11 is 0. The van der Waals surface area contributed by atoms with Crippen molar-refractivity contribution in [2.45, 2.75) is 44.6 Å². The number of carbonyl (C=O) groups excluding carboxylic acids is 2. The molecule has 2 bridgehead atoms. The Morgan fingerprint density at radius 2 is 1.79 bits per heavy atom. The number of guanidine groups is 1. The van der Waals surface area contributed by atoms with Crippen molar-refractivity contribution in [3.05, 3.63) is 12.2 Å². The fourth-order valence-corrected chi connectivity index (χ4v) is 5.23. The van der Waals surface area contributed by atoms with E-state index in [0.717, 1.165) is 32.1 Å². The number of likely N-dealkylation sites (tertiary alicyclic amines) is 1. The normalized spacial score (nSPS) is 32.6. The Morgan fingerprint density at radius 3 is 2.36 bits per heavy atom. The maximum absolute atomic E-state index is 12.7. The summed E-state index contributed by atoms with van der Waals surface area (Å²) in [5, 5.41) is 16.8. The molecule has 8 heteroatoms. The average Bonchev–Trinajstić information content (AvgIpc) is 3.41. The lowest BCUT2D eigenvalue weighted by Crippen LogP contribution is -2.44. The first kappa shape index (κ1) is 21.5. The molecule has 28 heavy (non-hydrogen) atoms. The quantitative estimate of drug-likeness (QED) is 0.167. The molecule has 4 unspecified atom stereocenters. The van der Waals surface area contributed by atoms with Crippen molar-refractivity contribution in [2.24, 2.45) is 28.7 Å². The molecule has 0 spiro atoms. The summed E-state index contributed by atoms with van der Waals surface area (Å²) in [5.74, 6) is 0.841. The highest BCUT2D eigenvalue weighted by molar-refractivity contribution is 14.0. The van der Waals surface area contributed by atoms with Gasteiger partial charge in [-0.15, -0.1) is 24.0 Å². The van der Waals surface area contributed by atoms with Crippen LogP contribution in [0.1, 0.15) is 39.0 Å². The molecule has 0 aromatic rings. The van der Waals surface area contributed by atoms with Crippen LogP contribution in [0.15, 0.2) is 17.1 Å². The Bertz CT molecular complexity index is 644. The Kier molecular flexibility index (Phi) is 6.69. The van der Waals surface area contributed by atoms with Crippen molar-refractivity contribution < 1.29 is 14.7 Å². The zero-order valence-electron chi connectivity index (χ0n) is 16.4. The first-order chi connectivity index (χ1) is 13.0. The standard InChI is InChI=1S/C20H30N4O3.HI/c1-2-21-19(23-12-20(27)7-3-4-8-20)22-9-10-24-17(25)15-13-5-6-14(11-13)16(15)18(24)26;/h5-6,13-16,27H,2-4,7-12H2,1H3,(H2,21,22,23);1H. The van der Waals surface area contributed by atoms with Crippen LogP contribution < -0.4 is 10.6 Å². The first-order valence-corrected chi connectivity index (χ1v) is 10.3. The van der Waals surface area contributed by atoms with Gasteiger partial charge in [0.25, 0.3) is 0 Å². The lowest BCUT2D eigenvalue weighted by molar-refractivity contribution is -0.140. The molecule has 1 aliphatic heterocycles. The molecule has 3 aliphatic carbocycles. The van der Waals surface area contributed by atoms with Crippen molar-refractivity contribution in [3.8, 4) is 0 Å². The number of nitrogens with zero attached hydrogens (tertiary/aromatic N) is 2. The number of hydrogen-bond acceptors (Lipinski definition) is 4. The molecule has 1 heterocycles. The number of imide groups is 1. The van der Waals surface area contributed by atoms with Crippen LogP contribution in [-0.2, 0) is 9.59 Å². The molecule has 4 rings (SSSR count). The summed E-state index contributed by atoms with van der Waals surface area (Å²) in [6.07, 6.45) is 8.88. The monoisotopic (exact) mass is 502 g/mol. The van der Waals surface area contributed by atoms with Gasteiger partial charge < -0.3 is 15.7 Å². The highest BCUT2D eigenvalue weighted by atomic mass is 127. The van der Waals surface area contributed by atoms with Crippen LogP contribution in [0.25, 0.3) is 0 Å². The molecule has 3 N–H and O–H groups in total. The van der Waals surface area contributed by atoms with E-state index in [-0.39, 0.29) is 59.5 Å². The van der Waals surface area contributed by atoms with Gasteiger partial charge in [0.15, 0.2) is 5.96 Å². The summed E-state index contributed by atoms with van der Waals surface area (Å²) in [6.45, 7) is 3.90. The van der Waals surface area contributed by atoms with Crippen molar-refractivity contribution >= 4 is 41.8 Å². The molecule has 4 aliphatic rings. The second-order valence-electron chi connectivity index (χ2n) is 8.38. The Hall–Kier alpha value is -1.16. The molecule has 7 nitrogen and oxygen atoms in total. The fourth-order valence-electron chi connectivity index (χ4n) is 5.23. The van der Waals surface area contributed by atoms with Gasteiger partial charge in [-0.3, -0.25) is 19.5 Å². The number of aliphatic hydroxyl groups is 1. The number of halogens is 1. The van der Waals surface area contributed by atoms with Gasteiger partial charge in [-0.25, -0.2) is 0 Å². The highest BCUT2D eigenvalue weighted by Crippen LogP contribution is 2.52. The van der Waals surface area contributed by atoms with E-state index in [2.05, 4.69) is 27.8 Å². The maximum atomic E-state index is 12.7. The zero-order valence-corrected chi connectivity index (χ0v) is 18.7. The van der Waals surface area contributed by atoms with Crippen LogP contribution in [0.3, 0.4) is 0 Å². The lowest BCUT2D eigenvalue weighted by atomic mass is 9.85. The minimum absolute atomic E-state index is 0. The predicted octanol–water partition coefficient (Wildman–Crippen LogP) is 1.27. The predicted molar refractivity (Wildman–Crippen MR) is 117 cm³/mol. The highest BCUT2D eigenvalue weighted by Gasteiger charge is 2.58. The number of fused-ring (bicyclic) bond motifs is 5. The van der Waals surface area contributed by atoms with Gasteiger partial charge in [0.2, 0.25) is 11.8 Å². The van der Waals surface area contributed by atoms with Crippen LogP contribution in [0, 0.1) is 23.7 Å². The number of rotatable bonds is 6. The third-order valence-corrected chi connectivity index (χ3v) is 6.60. The third kappa shape index (κ3) is 3.94. The van der Waals surface area contributed by atoms with E-state index < -0.39 is 5.60 Å². The molecule has 2 amide bonds. The number of allylic oxidation sites excluding steroid dienone is 2. The zero-order chi connectivity index (χ0) is 19.0. The van der Waals surface area contributed by atoms with Gasteiger partial charge in [-0.2, -0.15) is 0 Å². The Balaban J connectivity index is 0.00000225. The van der Waals surface area contributed by atoms with Gasteiger partial charge in [-0.1, -0.05) is 25.0 Å². The van der Waals surface area contributed by atoms with E-state index in [1.54, 1.807) is 0 Å². The molecule has 3 fully saturated rings. The minimum atomic E-state index is -0.688. The minimum Gasteiger partial charge on any atom is -0.388 e. The summed E-state index contributed by atoms with van der Waals surface area (Å²) in [5.41, 5.74) is -0.688. The van der Waals surface area contributed by atoms with E-state index in [9.17, 15) is 14.7 Å². The molecule has 4 atom stereocenters. The molecule has 0 aromatic carbocycles. The molecular weight excluding hydrogens is 471 g/mol. The number of hydrogen-bond donors (Lipinski definition) is 3. The molecular formula is C20H31IN4O3. The Labute approximate surface area is 183 Å². The van der Waals surface area contributed by atoms with Crippen LogP contribution in [0.5, 0.6) is 0 Å². The van der Waals surface area contributed by atoms with Crippen molar-refractivity contribution in [2.75, 3.05) is 26.2 Å². The van der Waals surface area contributed by atoms with E-state index in [0.29, 0.717) is 32.1 Å². The second kappa shape index (κ2) is 8.69. The molecule has 2 saturated carbocycles. The van der Waals surface area contributed by atoms with Crippen LogP contribution in [-0.4, -0.2) is 59.6 Å². The topological polar surface area (TPSA) is 94.0 Å². The van der Waals surface area contributed by atoms with Gasteiger partial charge >= 0.3 is 0 Å². The van der Waals surface area contributed by atoms with Crippen LogP contribution in [0.2, 0.25) is 0 Å². The summed E-state index contributed by atoms with van der Waals surface area (Å²) in [4.78, 5) is 31.3. The van der Waals surface area contributed by atoms with Gasteiger partial charge in [-0.05, 0) is 38.0 Å². The summed E-state index contributed by atoms with van der Waals surface area (Å²) < 4.78 is 0. The maximum Gasteiger partial charge on any atom is 0.233 e. The van der Waals surface area contributed by atoms with E-state index in [4.69, 9.17) is 0 Å². The molecule has 0 aromatic heterocycles.